The Morgan fingerprint density at radius 3 is 2.19 bits per heavy atom. The third-order valence-corrected chi connectivity index (χ3v) is 4.11. The van der Waals surface area contributed by atoms with Crippen molar-refractivity contribution in [3.8, 4) is 11.5 Å². The van der Waals surface area contributed by atoms with Crippen LogP contribution < -0.4 is 8.92 Å². The molecule has 0 saturated heterocycles. The second-order valence-electron chi connectivity index (χ2n) is 5.45. The first kappa shape index (κ1) is 19.8. The molecule has 2 aromatic rings. The van der Waals surface area contributed by atoms with E-state index in [2.05, 4.69) is 4.18 Å². The second kappa shape index (κ2) is 7.77. The molecule has 2 rings (SSSR count). The van der Waals surface area contributed by atoms with Crippen LogP contribution in [0.4, 0.5) is 13.2 Å². The van der Waals surface area contributed by atoms with Crippen molar-refractivity contribution in [3.05, 3.63) is 59.7 Å². The van der Waals surface area contributed by atoms with E-state index in [0.29, 0.717) is 0 Å². The van der Waals surface area contributed by atoms with Gasteiger partial charge in [-0.25, -0.2) is 0 Å². The minimum Gasteiger partial charge on any atom is -0.489 e. The summed E-state index contributed by atoms with van der Waals surface area (Å²) >= 11 is 0. The quantitative estimate of drug-likeness (QED) is 0.535. The number of Topliss-reactive ketones (excluding diaryl/α,β-unsaturated/α-hetero) is 1. The van der Waals surface area contributed by atoms with Gasteiger partial charge in [-0.2, -0.15) is 21.6 Å². The summed E-state index contributed by atoms with van der Waals surface area (Å²) in [6.45, 7) is 1.40. The van der Waals surface area contributed by atoms with Crippen molar-refractivity contribution < 1.29 is 35.3 Å². The smallest absolute Gasteiger partial charge is 0.489 e. The second-order valence-corrected chi connectivity index (χ2v) is 6.99. The zero-order chi connectivity index (χ0) is 19.4. The van der Waals surface area contributed by atoms with Gasteiger partial charge >= 0.3 is 15.6 Å². The van der Waals surface area contributed by atoms with Crippen molar-refractivity contribution >= 4 is 15.9 Å². The highest BCUT2D eigenvalue weighted by Gasteiger charge is 2.48. The van der Waals surface area contributed by atoms with Gasteiger partial charge in [-0.05, 0) is 30.2 Å². The summed E-state index contributed by atoms with van der Waals surface area (Å²) in [6, 6.07) is 12.5. The van der Waals surface area contributed by atoms with E-state index in [1.807, 2.05) is 6.07 Å². The van der Waals surface area contributed by atoms with Crippen molar-refractivity contribution in [2.24, 2.45) is 0 Å². The van der Waals surface area contributed by atoms with E-state index in [1.165, 1.54) is 13.0 Å². The minimum absolute atomic E-state index is 0.0833. The molecule has 0 aliphatic rings. The van der Waals surface area contributed by atoms with E-state index < -0.39 is 21.4 Å². The van der Waals surface area contributed by atoms with Crippen LogP contribution in [0, 0.1) is 0 Å². The molecule has 0 saturated carbocycles. The molecule has 0 aromatic heterocycles. The number of benzene rings is 2. The van der Waals surface area contributed by atoms with Crippen LogP contribution in [-0.4, -0.2) is 19.7 Å². The van der Waals surface area contributed by atoms with Crippen LogP contribution in [0.15, 0.2) is 48.5 Å². The van der Waals surface area contributed by atoms with Crippen molar-refractivity contribution in [1.29, 1.82) is 0 Å². The number of ether oxygens (including phenoxy) is 1. The number of alkyl halides is 3. The molecular weight excluding hydrogens is 373 g/mol. The molecule has 0 amide bonds. The third kappa shape index (κ3) is 5.48. The highest BCUT2D eigenvalue weighted by molar-refractivity contribution is 7.88. The van der Waals surface area contributed by atoms with E-state index in [0.717, 1.165) is 17.7 Å². The summed E-state index contributed by atoms with van der Waals surface area (Å²) in [5.74, 6) is -0.751. The molecule has 140 valence electrons. The van der Waals surface area contributed by atoms with Gasteiger partial charge in [0.1, 0.15) is 23.9 Å². The van der Waals surface area contributed by atoms with Gasteiger partial charge in [0.15, 0.2) is 0 Å². The summed E-state index contributed by atoms with van der Waals surface area (Å²) in [7, 11) is -5.82. The molecule has 0 spiro atoms. The lowest BCUT2D eigenvalue weighted by atomic mass is 10.1. The van der Waals surface area contributed by atoms with Crippen LogP contribution in [0.5, 0.6) is 11.5 Å². The highest BCUT2D eigenvalue weighted by atomic mass is 32.2. The normalized spacial score (nSPS) is 11.8. The minimum atomic E-state index is -5.82. The van der Waals surface area contributed by atoms with Gasteiger partial charge in [0, 0.05) is 12.5 Å². The molecule has 0 radical (unpaired) electrons. The van der Waals surface area contributed by atoms with E-state index in [-0.39, 0.29) is 30.1 Å². The summed E-state index contributed by atoms with van der Waals surface area (Å²) in [5, 5.41) is 0. The predicted molar refractivity (Wildman–Crippen MR) is 87.2 cm³/mol. The molecule has 0 atom stereocenters. The Morgan fingerprint density at radius 2 is 1.62 bits per heavy atom. The number of rotatable bonds is 7. The fraction of sp³-hybridized carbons (Fsp3) is 0.235. The van der Waals surface area contributed by atoms with Crippen LogP contribution in [0.1, 0.15) is 18.1 Å². The number of ketones is 1. The molecule has 0 aliphatic heterocycles. The molecule has 0 N–H and O–H groups in total. The highest BCUT2D eigenvalue weighted by Crippen LogP contribution is 2.30. The van der Waals surface area contributed by atoms with Crippen LogP contribution >= 0.6 is 0 Å². The molecule has 5 nitrogen and oxygen atoms in total. The third-order valence-electron chi connectivity index (χ3n) is 3.13. The molecule has 9 heteroatoms. The van der Waals surface area contributed by atoms with E-state index in [1.54, 1.807) is 24.3 Å². The number of hydrogen-bond acceptors (Lipinski definition) is 5. The number of halogens is 3. The first-order valence-electron chi connectivity index (χ1n) is 7.38. The number of hydrogen-bond donors (Lipinski definition) is 0. The van der Waals surface area contributed by atoms with Gasteiger partial charge in [0.2, 0.25) is 0 Å². The average Bonchev–Trinajstić information content (AvgIpc) is 2.51. The Labute approximate surface area is 148 Å². The topological polar surface area (TPSA) is 69.7 Å². The van der Waals surface area contributed by atoms with Crippen LogP contribution in [0.25, 0.3) is 0 Å². The molecular formula is C17H15F3O5S. The van der Waals surface area contributed by atoms with Gasteiger partial charge < -0.3 is 8.92 Å². The van der Waals surface area contributed by atoms with E-state index in [9.17, 15) is 26.4 Å². The fourth-order valence-corrected chi connectivity index (χ4v) is 2.51. The largest absolute Gasteiger partial charge is 0.534 e. The van der Waals surface area contributed by atoms with Gasteiger partial charge in [-0.1, -0.05) is 30.3 Å². The van der Waals surface area contributed by atoms with Crippen molar-refractivity contribution in [2.45, 2.75) is 25.5 Å². The number of carbonyl (C=O) groups is 1. The predicted octanol–water partition coefficient (Wildman–Crippen LogP) is 3.63. The van der Waals surface area contributed by atoms with Crippen molar-refractivity contribution in [3.63, 3.8) is 0 Å². The average molecular weight is 388 g/mol. The fourth-order valence-electron chi connectivity index (χ4n) is 2.07. The summed E-state index contributed by atoms with van der Waals surface area (Å²) in [6.07, 6.45) is -0.106. The Kier molecular flexibility index (Phi) is 5.91. The monoisotopic (exact) mass is 388 g/mol. The van der Waals surface area contributed by atoms with Gasteiger partial charge in [0.25, 0.3) is 0 Å². The molecule has 0 aliphatic carbocycles. The number of carbonyl (C=O) groups excluding carboxylic acids is 1. The van der Waals surface area contributed by atoms with E-state index in [4.69, 9.17) is 4.74 Å². The Hall–Kier alpha value is -2.55. The lowest BCUT2D eigenvalue weighted by Crippen LogP contribution is -2.28. The Balaban J connectivity index is 2.28. The van der Waals surface area contributed by atoms with Crippen LogP contribution in [0.3, 0.4) is 0 Å². The van der Waals surface area contributed by atoms with Crippen molar-refractivity contribution in [1.82, 2.24) is 0 Å². The van der Waals surface area contributed by atoms with Gasteiger partial charge in [0.05, 0.1) is 0 Å². The lowest BCUT2D eigenvalue weighted by Gasteiger charge is -2.13. The van der Waals surface area contributed by atoms with Crippen molar-refractivity contribution in [2.75, 3.05) is 0 Å². The zero-order valence-corrected chi connectivity index (χ0v) is 14.4. The van der Waals surface area contributed by atoms with Crippen LogP contribution in [-0.2, 0) is 27.9 Å². The molecule has 0 fully saturated rings. The maximum atomic E-state index is 12.5. The maximum absolute atomic E-state index is 12.5. The molecule has 26 heavy (non-hydrogen) atoms. The first-order chi connectivity index (χ1) is 12.1. The zero-order valence-electron chi connectivity index (χ0n) is 13.6. The molecule has 0 unspecified atom stereocenters. The first-order valence-corrected chi connectivity index (χ1v) is 8.78. The standard InChI is InChI=1S/C17H15F3O5S/c1-12(21)7-14-8-15(24-11-13-5-3-2-4-6-13)10-16(9-14)25-26(22,23)17(18,19)20/h2-6,8-10H,7,11H2,1H3. The Bertz CT molecular complexity index is 877. The lowest BCUT2D eigenvalue weighted by molar-refractivity contribution is -0.116. The summed E-state index contributed by atoms with van der Waals surface area (Å²) < 4.78 is 69.5. The maximum Gasteiger partial charge on any atom is 0.534 e. The van der Waals surface area contributed by atoms with Gasteiger partial charge in [-0.15, -0.1) is 0 Å². The summed E-state index contributed by atoms with van der Waals surface area (Å²) in [4.78, 5) is 11.3. The molecule has 2 aromatic carbocycles. The molecule has 0 heterocycles. The van der Waals surface area contributed by atoms with Crippen LogP contribution in [0.2, 0.25) is 0 Å². The SMILES string of the molecule is CC(=O)Cc1cc(OCc2ccccc2)cc(OS(=O)(=O)C(F)(F)F)c1. The van der Waals surface area contributed by atoms with Gasteiger partial charge in [-0.3, -0.25) is 4.79 Å². The van der Waals surface area contributed by atoms with E-state index >= 15 is 0 Å². The summed E-state index contributed by atoms with van der Waals surface area (Å²) in [5.41, 5.74) is -4.49. The molecule has 0 bridgehead atoms. The Morgan fingerprint density at radius 1 is 1.00 bits per heavy atom.